The molecule has 1 unspecified atom stereocenters. The molecule has 0 radical (unpaired) electrons. The average molecular weight is 329 g/mol. The number of hydrogen-bond acceptors (Lipinski definition) is 4. The van der Waals surface area contributed by atoms with Crippen LogP contribution in [-0.2, 0) is 9.53 Å². The molecule has 5 heteroatoms. The molecule has 1 rings (SSSR count). The van der Waals surface area contributed by atoms with Crippen molar-refractivity contribution < 1.29 is 9.53 Å². The molecule has 2 nitrogen and oxygen atoms in total. The summed E-state index contributed by atoms with van der Waals surface area (Å²) in [6.07, 6.45) is 5.11. The summed E-state index contributed by atoms with van der Waals surface area (Å²) >= 11 is 3.70. The highest BCUT2D eigenvalue weighted by molar-refractivity contribution is 8.17. The van der Waals surface area contributed by atoms with Crippen LogP contribution in [0.2, 0.25) is 19.6 Å². The number of carbonyl (C=O) groups is 1. The van der Waals surface area contributed by atoms with E-state index < -0.39 is 13.7 Å². The Labute approximate surface area is 132 Å². The summed E-state index contributed by atoms with van der Waals surface area (Å²) in [5.41, 5.74) is 2.60. The normalized spacial score (nSPS) is 20.1. The van der Waals surface area contributed by atoms with Crippen molar-refractivity contribution in [2.75, 3.05) is 11.5 Å². The molecule has 1 heterocycles. The van der Waals surface area contributed by atoms with Crippen molar-refractivity contribution in [3.05, 3.63) is 12.2 Å². The van der Waals surface area contributed by atoms with Crippen LogP contribution in [0.3, 0.4) is 0 Å². The Morgan fingerprint density at radius 2 is 1.95 bits per heavy atom. The van der Waals surface area contributed by atoms with E-state index in [1.807, 2.05) is 42.6 Å². The molecule has 20 heavy (non-hydrogen) atoms. The van der Waals surface area contributed by atoms with E-state index in [9.17, 15) is 4.79 Å². The lowest BCUT2D eigenvalue weighted by Gasteiger charge is -2.35. The van der Waals surface area contributed by atoms with Crippen LogP contribution in [0.5, 0.6) is 0 Å². The minimum Gasteiger partial charge on any atom is -0.440 e. The Hall–Kier alpha value is -0.313. The van der Waals surface area contributed by atoms with Gasteiger partial charge in [-0.2, -0.15) is 0 Å². The molecule has 0 aromatic rings. The number of allylic oxidation sites excluding steroid dienone is 1. The van der Waals surface area contributed by atoms with Gasteiger partial charge >= 0.3 is 5.97 Å². The van der Waals surface area contributed by atoms with E-state index in [1.54, 1.807) is 0 Å². The topological polar surface area (TPSA) is 26.3 Å². The number of ether oxygens (including phenoxy) is 1. The zero-order valence-electron chi connectivity index (χ0n) is 13.0. The van der Waals surface area contributed by atoms with Gasteiger partial charge in [-0.05, 0) is 30.9 Å². The molecule has 0 N–H and O–H groups in total. The van der Waals surface area contributed by atoms with E-state index >= 15 is 0 Å². The van der Waals surface area contributed by atoms with Gasteiger partial charge in [0.2, 0.25) is 5.60 Å². The summed E-state index contributed by atoms with van der Waals surface area (Å²) in [5.74, 6) is 5.26. The fourth-order valence-electron chi connectivity index (χ4n) is 1.79. The van der Waals surface area contributed by atoms with E-state index in [0.717, 1.165) is 11.5 Å². The molecule has 1 saturated heterocycles. The van der Waals surface area contributed by atoms with Crippen LogP contribution in [0.25, 0.3) is 0 Å². The Kier molecular flexibility index (Phi) is 6.76. The molecule has 1 aliphatic heterocycles. The van der Waals surface area contributed by atoms with E-state index in [2.05, 4.69) is 31.1 Å². The zero-order chi connectivity index (χ0) is 15.2. The highest BCUT2D eigenvalue weighted by Gasteiger charge is 2.40. The number of carbonyl (C=O) groups excluding carboxylic acids is 1. The molecular weight excluding hydrogens is 304 g/mol. The molecule has 1 aliphatic rings. The van der Waals surface area contributed by atoms with Crippen LogP contribution < -0.4 is 0 Å². The number of rotatable bonds is 3. The minimum absolute atomic E-state index is 0.167. The van der Waals surface area contributed by atoms with Crippen molar-refractivity contribution in [1.29, 1.82) is 0 Å². The fraction of sp³-hybridized carbons (Fsp3) is 0.667. The SMILES string of the molecule is C/C=C/C(C#C[Si](C)(C)C)(OC(C)=O)C1SCCCS1. The lowest BCUT2D eigenvalue weighted by atomic mass is 10.1. The number of thioether (sulfide) groups is 2. The first kappa shape index (κ1) is 17.7. The van der Waals surface area contributed by atoms with Gasteiger partial charge in [0.05, 0.1) is 0 Å². The largest absolute Gasteiger partial charge is 0.440 e. The van der Waals surface area contributed by atoms with Gasteiger partial charge in [0.1, 0.15) is 12.7 Å². The van der Waals surface area contributed by atoms with Crippen LogP contribution in [0.4, 0.5) is 0 Å². The molecule has 0 spiro atoms. The van der Waals surface area contributed by atoms with Crippen molar-refractivity contribution >= 4 is 37.6 Å². The van der Waals surface area contributed by atoms with Crippen molar-refractivity contribution in [2.45, 2.75) is 50.1 Å². The summed E-state index contributed by atoms with van der Waals surface area (Å²) in [5, 5.41) is 0. The van der Waals surface area contributed by atoms with Gasteiger partial charge in [-0.1, -0.05) is 31.6 Å². The lowest BCUT2D eigenvalue weighted by molar-refractivity contribution is -0.147. The maximum atomic E-state index is 11.6. The Balaban J connectivity index is 3.17. The Morgan fingerprint density at radius 1 is 1.35 bits per heavy atom. The molecule has 0 aliphatic carbocycles. The summed E-state index contributed by atoms with van der Waals surface area (Å²) < 4.78 is 5.86. The fourth-order valence-corrected chi connectivity index (χ4v) is 5.42. The second-order valence-corrected chi connectivity index (χ2v) is 13.3. The Bertz CT molecular complexity index is 425. The predicted molar refractivity (Wildman–Crippen MR) is 93.8 cm³/mol. The van der Waals surface area contributed by atoms with Crippen molar-refractivity contribution in [3.63, 3.8) is 0 Å². The van der Waals surface area contributed by atoms with Crippen LogP contribution in [0, 0.1) is 11.5 Å². The molecule has 0 bridgehead atoms. The van der Waals surface area contributed by atoms with Crippen LogP contribution in [0.15, 0.2) is 12.2 Å². The second-order valence-electron chi connectivity index (χ2n) is 5.81. The predicted octanol–water partition coefficient (Wildman–Crippen LogP) is 3.94. The van der Waals surface area contributed by atoms with Crippen molar-refractivity contribution in [3.8, 4) is 11.5 Å². The molecule has 0 aromatic carbocycles. The number of hydrogen-bond donors (Lipinski definition) is 0. The lowest BCUT2D eigenvalue weighted by Crippen LogP contribution is -2.42. The quantitative estimate of drug-likeness (QED) is 0.339. The molecular formula is C15H24O2S2Si. The van der Waals surface area contributed by atoms with Gasteiger partial charge in [-0.15, -0.1) is 29.1 Å². The van der Waals surface area contributed by atoms with Gasteiger partial charge in [-0.3, -0.25) is 4.79 Å². The van der Waals surface area contributed by atoms with E-state index in [4.69, 9.17) is 4.74 Å². The highest BCUT2D eigenvalue weighted by Crippen LogP contribution is 2.41. The molecule has 0 aromatic heterocycles. The molecule has 1 atom stereocenters. The number of esters is 1. The standard InChI is InChI=1S/C15H24O2S2Si/c1-6-8-15(17-13(2)16,9-12-20(3,4)5)14-18-10-7-11-19-14/h6,8,14H,7,10-11H2,1-5H3/b8-6+. The van der Waals surface area contributed by atoms with Gasteiger partial charge in [0, 0.05) is 6.92 Å². The van der Waals surface area contributed by atoms with E-state index in [1.165, 1.54) is 13.3 Å². The minimum atomic E-state index is -1.52. The van der Waals surface area contributed by atoms with Gasteiger partial charge in [-0.25, -0.2) is 0 Å². The summed E-state index contributed by atoms with van der Waals surface area (Å²) in [4.78, 5) is 11.6. The van der Waals surface area contributed by atoms with Gasteiger partial charge in [0.15, 0.2) is 0 Å². The third-order valence-corrected chi connectivity index (χ3v) is 6.58. The van der Waals surface area contributed by atoms with Gasteiger partial charge in [0.25, 0.3) is 0 Å². The first-order valence-electron chi connectivity index (χ1n) is 6.90. The van der Waals surface area contributed by atoms with E-state index in [0.29, 0.717) is 0 Å². The maximum Gasteiger partial charge on any atom is 0.304 e. The first-order valence-corrected chi connectivity index (χ1v) is 12.5. The van der Waals surface area contributed by atoms with Gasteiger partial charge < -0.3 is 4.74 Å². The van der Waals surface area contributed by atoms with Crippen LogP contribution in [0.1, 0.15) is 20.3 Å². The van der Waals surface area contributed by atoms with E-state index in [-0.39, 0.29) is 10.6 Å². The van der Waals surface area contributed by atoms with Crippen molar-refractivity contribution in [1.82, 2.24) is 0 Å². The van der Waals surface area contributed by atoms with Crippen molar-refractivity contribution in [2.24, 2.45) is 0 Å². The first-order chi connectivity index (χ1) is 9.29. The summed E-state index contributed by atoms with van der Waals surface area (Å²) in [7, 11) is -1.52. The third kappa shape index (κ3) is 5.59. The summed E-state index contributed by atoms with van der Waals surface area (Å²) in [6.45, 7) is 10.0. The molecule has 0 amide bonds. The monoisotopic (exact) mass is 328 g/mol. The molecule has 0 saturated carbocycles. The molecule has 112 valence electrons. The highest BCUT2D eigenvalue weighted by atomic mass is 32.2. The van der Waals surface area contributed by atoms with Crippen LogP contribution in [-0.4, -0.2) is 35.7 Å². The Morgan fingerprint density at radius 3 is 2.40 bits per heavy atom. The van der Waals surface area contributed by atoms with Crippen LogP contribution >= 0.6 is 23.5 Å². The summed E-state index contributed by atoms with van der Waals surface area (Å²) in [6, 6.07) is 0. The third-order valence-electron chi connectivity index (χ3n) is 2.54. The second kappa shape index (κ2) is 7.63. The maximum absolute atomic E-state index is 11.6. The average Bonchev–Trinajstić information content (AvgIpc) is 2.36. The zero-order valence-corrected chi connectivity index (χ0v) is 15.6. The molecule has 1 fully saturated rings. The smallest absolute Gasteiger partial charge is 0.304 e.